The smallest absolute Gasteiger partial charge is 0.323 e. The van der Waals surface area contributed by atoms with Crippen molar-refractivity contribution in [3.05, 3.63) is 0 Å². The first-order chi connectivity index (χ1) is 6.99. The molecule has 6 heteroatoms. The van der Waals surface area contributed by atoms with Crippen molar-refractivity contribution in [2.45, 2.75) is 19.3 Å². The molecule has 0 bridgehead atoms. The van der Waals surface area contributed by atoms with Gasteiger partial charge in [-0.2, -0.15) is 0 Å². The maximum Gasteiger partial charge on any atom is 0.323 e. The highest BCUT2D eigenvalue weighted by Gasteiger charge is 2.28. The molecule has 0 radical (unpaired) electrons. The van der Waals surface area contributed by atoms with Crippen molar-refractivity contribution in [2.24, 2.45) is 11.7 Å². The second-order valence-corrected chi connectivity index (χ2v) is 3.76. The van der Waals surface area contributed by atoms with Crippen molar-refractivity contribution in [3.8, 4) is 0 Å². The topological polar surface area (TPSA) is 101 Å². The predicted molar refractivity (Wildman–Crippen MR) is 50.8 cm³/mol. The summed E-state index contributed by atoms with van der Waals surface area (Å²) in [7, 11) is 0. The zero-order valence-electron chi connectivity index (χ0n) is 8.31. The first-order valence-electron chi connectivity index (χ1n) is 4.77. The van der Waals surface area contributed by atoms with E-state index in [0.29, 0.717) is 12.3 Å². The lowest BCUT2D eigenvalue weighted by molar-refractivity contribution is -0.145. The van der Waals surface area contributed by atoms with Crippen molar-refractivity contribution in [1.82, 2.24) is 4.90 Å². The summed E-state index contributed by atoms with van der Waals surface area (Å²) in [4.78, 5) is 33.6. The molecule has 0 heterocycles. The molecule has 0 aromatic carbocycles. The first-order valence-corrected chi connectivity index (χ1v) is 4.77. The van der Waals surface area contributed by atoms with Gasteiger partial charge in [0.2, 0.25) is 11.8 Å². The van der Waals surface area contributed by atoms with Gasteiger partial charge in [-0.3, -0.25) is 14.4 Å². The monoisotopic (exact) mass is 214 g/mol. The average Bonchev–Trinajstić information content (AvgIpc) is 2.85. The van der Waals surface area contributed by atoms with Crippen LogP contribution in [0.3, 0.4) is 0 Å². The minimum Gasteiger partial charge on any atom is -0.480 e. The van der Waals surface area contributed by atoms with Gasteiger partial charge in [0.15, 0.2) is 0 Å². The van der Waals surface area contributed by atoms with Crippen LogP contribution in [0.1, 0.15) is 19.3 Å². The number of carboxylic acids is 1. The molecule has 84 valence electrons. The Labute approximate surface area is 87.0 Å². The molecule has 3 N–H and O–H groups in total. The molecule has 1 saturated carbocycles. The highest BCUT2D eigenvalue weighted by molar-refractivity contribution is 5.86. The molecule has 0 aromatic rings. The third kappa shape index (κ3) is 4.44. The van der Waals surface area contributed by atoms with Gasteiger partial charge >= 0.3 is 5.97 Å². The third-order valence-electron chi connectivity index (χ3n) is 2.19. The van der Waals surface area contributed by atoms with Gasteiger partial charge in [0.25, 0.3) is 0 Å². The number of hydrogen-bond acceptors (Lipinski definition) is 3. The number of rotatable bonds is 6. The molecule has 0 aliphatic heterocycles. The Morgan fingerprint density at radius 1 is 1.27 bits per heavy atom. The van der Waals surface area contributed by atoms with Crippen LogP contribution < -0.4 is 5.73 Å². The molecule has 6 nitrogen and oxygen atoms in total. The molecular weight excluding hydrogens is 200 g/mol. The molecule has 0 spiro atoms. The number of carboxylic acid groups (broad SMARTS) is 1. The zero-order chi connectivity index (χ0) is 11.4. The lowest BCUT2D eigenvalue weighted by Crippen LogP contribution is -2.41. The van der Waals surface area contributed by atoms with E-state index in [-0.39, 0.29) is 12.5 Å². The maximum atomic E-state index is 11.5. The number of nitrogens with zero attached hydrogens (tertiary/aromatic N) is 1. The number of nitrogens with two attached hydrogens (primary N) is 1. The Kier molecular flexibility index (Phi) is 3.65. The van der Waals surface area contributed by atoms with E-state index in [2.05, 4.69) is 0 Å². The van der Waals surface area contributed by atoms with E-state index >= 15 is 0 Å². The predicted octanol–water partition coefficient (Wildman–Crippen LogP) is -0.815. The second kappa shape index (κ2) is 4.77. The highest BCUT2D eigenvalue weighted by Crippen LogP contribution is 2.32. The Balaban J connectivity index is 2.48. The summed E-state index contributed by atoms with van der Waals surface area (Å²) >= 11 is 0. The maximum absolute atomic E-state index is 11.5. The Hall–Kier alpha value is -1.59. The molecule has 15 heavy (non-hydrogen) atoms. The molecule has 0 saturated heterocycles. The van der Waals surface area contributed by atoms with Gasteiger partial charge in [-0.25, -0.2) is 0 Å². The van der Waals surface area contributed by atoms with Crippen molar-refractivity contribution < 1.29 is 19.5 Å². The van der Waals surface area contributed by atoms with E-state index in [0.717, 1.165) is 17.7 Å². The molecule has 1 aliphatic rings. The van der Waals surface area contributed by atoms with E-state index in [1.54, 1.807) is 0 Å². The number of carbonyl (C=O) groups excluding carboxylic acids is 2. The molecule has 1 aliphatic carbocycles. The number of carbonyl (C=O) groups is 3. The summed E-state index contributed by atoms with van der Waals surface area (Å²) in [6.07, 6.45) is 2.33. The third-order valence-corrected chi connectivity index (χ3v) is 2.19. The standard InChI is InChI=1S/C9H14N2O4/c10-7(12)4-11(5-9(14)15)8(13)3-6-1-2-6/h6H,1-5H2,(H2,10,12)(H,14,15). The van der Waals surface area contributed by atoms with Crippen LogP contribution in [-0.2, 0) is 14.4 Å². The van der Waals surface area contributed by atoms with Crippen LogP contribution >= 0.6 is 0 Å². The minimum absolute atomic E-state index is 0.307. The lowest BCUT2D eigenvalue weighted by Gasteiger charge is -2.18. The number of aliphatic carboxylic acids is 1. The Morgan fingerprint density at radius 3 is 2.27 bits per heavy atom. The summed E-state index contributed by atoms with van der Waals surface area (Å²) in [6.45, 7) is -0.785. The van der Waals surface area contributed by atoms with E-state index in [1.807, 2.05) is 0 Å². The van der Waals surface area contributed by atoms with Gasteiger partial charge in [-0.05, 0) is 18.8 Å². The molecular formula is C9H14N2O4. The highest BCUT2D eigenvalue weighted by atomic mass is 16.4. The largest absolute Gasteiger partial charge is 0.480 e. The fourth-order valence-corrected chi connectivity index (χ4v) is 1.28. The Morgan fingerprint density at radius 2 is 1.87 bits per heavy atom. The number of hydrogen-bond donors (Lipinski definition) is 2. The summed E-state index contributed by atoms with van der Waals surface area (Å²) < 4.78 is 0. The molecule has 1 fully saturated rings. The van der Waals surface area contributed by atoms with Gasteiger partial charge in [0.05, 0.1) is 6.54 Å². The molecule has 1 rings (SSSR count). The number of amides is 2. The SMILES string of the molecule is NC(=O)CN(CC(=O)O)C(=O)CC1CC1. The summed E-state index contributed by atoms with van der Waals surface area (Å²) in [6, 6.07) is 0. The van der Waals surface area contributed by atoms with E-state index in [9.17, 15) is 14.4 Å². The summed E-state index contributed by atoms with van der Waals surface area (Å²) in [5.41, 5.74) is 4.93. The zero-order valence-corrected chi connectivity index (χ0v) is 8.31. The summed E-state index contributed by atoms with van der Waals surface area (Å²) in [5, 5.41) is 8.55. The van der Waals surface area contributed by atoms with Gasteiger partial charge in [0, 0.05) is 6.42 Å². The van der Waals surface area contributed by atoms with Crippen molar-refractivity contribution in [1.29, 1.82) is 0 Å². The van der Waals surface area contributed by atoms with Crippen LogP contribution in [-0.4, -0.2) is 40.9 Å². The minimum atomic E-state index is -1.14. The average molecular weight is 214 g/mol. The lowest BCUT2D eigenvalue weighted by atomic mass is 10.2. The van der Waals surface area contributed by atoms with Crippen LogP contribution in [0.2, 0.25) is 0 Å². The fourth-order valence-electron chi connectivity index (χ4n) is 1.28. The molecule has 0 aromatic heterocycles. The van der Waals surface area contributed by atoms with Crippen LogP contribution in [0, 0.1) is 5.92 Å². The Bertz CT molecular complexity index is 270. The van der Waals surface area contributed by atoms with E-state index in [1.165, 1.54) is 0 Å². The summed E-state index contributed by atoms with van der Waals surface area (Å²) in [5.74, 6) is -1.78. The second-order valence-electron chi connectivity index (χ2n) is 3.76. The van der Waals surface area contributed by atoms with Crippen LogP contribution in [0.15, 0.2) is 0 Å². The van der Waals surface area contributed by atoms with Crippen molar-refractivity contribution >= 4 is 17.8 Å². The van der Waals surface area contributed by atoms with Crippen molar-refractivity contribution in [2.75, 3.05) is 13.1 Å². The van der Waals surface area contributed by atoms with E-state index in [4.69, 9.17) is 10.8 Å². The normalized spacial score (nSPS) is 14.7. The quantitative estimate of drug-likeness (QED) is 0.603. The van der Waals surface area contributed by atoms with Crippen molar-refractivity contribution in [3.63, 3.8) is 0 Å². The van der Waals surface area contributed by atoms with Gasteiger partial charge in [-0.15, -0.1) is 0 Å². The molecule has 2 amide bonds. The van der Waals surface area contributed by atoms with Gasteiger partial charge in [-0.1, -0.05) is 0 Å². The first kappa shape index (κ1) is 11.5. The van der Waals surface area contributed by atoms with E-state index < -0.39 is 18.4 Å². The molecule has 0 unspecified atom stereocenters. The van der Waals surface area contributed by atoms with Crippen LogP contribution in [0.25, 0.3) is 0 Å². The number of primary amides is 1. The van der Waals surface area contributed by atoms with Gasteiger partial charge in [0.1, 0.15) is 6.54 Å². The fraction of sp³-hybridized carbons (Fsp3) is 0.667. The van der Waals surface area contributed by atoms with Crippen LogP contribution in [0.4, 0.5) is 0 Å². The molecule has 0 atom stereocenters. The van der Waals surface area contributed by atoms with Crippen LogP contribution in [0.5, 0.6) is 0 Å². The van der Waals surface area contributed by atoms with Gasteiger partial charge < -0.3 is 15.7 Å².